The summed E-state index contributed by atoms with van der Waals surface area (Å²) in [5, 5.41) is 0. The molecule has 8 N–H and O–H groups in total. The van der Waals surface area contributed by atoms with Gasteiger partial charge in [0.2, 0.25) is 5.91 Å². The number of nitrogens with two attached hydrogens (primary N) is 4. The number of hydrogen-bond acceptors (Lipinski definition) is 5. The average Bonchev–Trinajstić information content (AvgIpc) is 2.42. The van der Waals surface area contributed by atoms with Crippen LogP contribution >= 0.6 is 0 Å². The molecule has 0 aromatic heterocycles. The molecule has 110 valence electrons. The average molecular weight is 261 g/mol. The number of carbonyl (C=O) groups excluding carboxylic acids is 1. The Balaban J connectivity index is 0. The van der Waals surface area contributed by atoms with E-state index in [0.717, 1.165) is 38.8 Å². The molecule has 1 amide bonds. The lowest BCUT2D eigenvalue weighted by atomic mass is 10.2. The second-order valence-corrected chi connectivity index (χ2v) is 4.01. The molecular formula is C12H31N5O. The maximum atomic E-state index is 11.3. The molecule has 0 rings (SSSR count). The molecule has 0 saturated carbocycles. The van der Waals surface area contributed by atoms with Crippen molar-refractivity contribution in [1.29, 1.82) is 0 Å². The van der Waals surface area contributed by atoms with E-state index in [0.29, 0.717) is 19.6 Å². The Morgan fingerprint density at radius 2 is 1.39 bits per heavy atom. The lowest BCUT2D eigenvalue weighted by Crippen LogP contribution is -2.38. The second-order valence-electron chi connectivity index (χ2n) is 4.01. The van der Waals surface area contributed by atoms with Gasteiger partial charge in [0.15, 0.2) is 0 Å². The molecular weight excluding hydrogens is 230 g/mol. The first-order valence-corrected chi connectivity index (χ1v) is 6.75. The summed E-state index contributed by atoms with van der Waals surface area (Å²) < 4.78 is 0. The van der Waals surface area contributed by atoms with E-state index in [1.165, 1.54) is 0 Å². The zero-order valence-corrected chi connectivity index (χ0v) is 11.7. The fourth-order valence-corrected chi connectivity index (χ4v) is 1.22. The summed E-state index contributed by atoms with van der Waals surface area (Å²) in [5.74, 6) is -0.00419. The molecule has 0 bridgehead atoms. The fourth-order valence-electron chi connectivity index (χ4n) is 1.22. The van der Waals surface area contributed by atoms with Gasteiger partial charge in [0.05, 0.1) is 6.54 Å². The predicted molar refractivity (Wildman–Crippen MR) is 76.9 cm³/mol. The monoisotopic (exact) mass is 261 g/mol. The van der Waals surface area contributed by atoms with Crippen LogP contribution in [0.4, 0.5) is 0 Å². The van der Waals surface area contributed by atoms with Crippen molar-refractivity contribution in [2.45, 2.75) is 32.6 Å². The molecule has 0 atom stereocenters. The van der Waals surface area contributed by atoms with Crippen LogP contribution in [-0.2, 0) is 4.79 Å². The van der Waals surface area contributed by atoms with Crippen LogP contribution in [0.3, 0.4) is 0 Å². The maximum absolute atomic E-state index is 11.3. The number of carbonyl (C=O) groups is 1. The smallest absolute Gasteiger partial charge is 0.236 e. The van der Waals surface area contributed by atoms with Crippen LogP contribution in [0.25, 0.3) is 0 Å². The largest absolute Gasteiger partial charge is 0.342 e. The van der Waals surface area contributed by atoms with Crippen molar-refractivity contribution in [3.8, 4) is 0 Å². The standard InChI is InChI=1S/C9H22N4O.C3H9N/c10-4-1-2-6-13(7-3-5-11)9(14)8-12;1-2-3-4/h1-8,10-12H2;2-4H2,1H3. The summed E-state index contributed by atoms with van der Waals surface area (Å²) in [6.07, 6.45) is 3.80. The summed E-state index contributed by atoms with van der Waals surface area (Å²) in [4.78, 5) is 13.1. The van der Waals surface area contributed by atoms with E-state index in [1.54, 1.807) is 4.90 Å². The van der Waals surface area contributed by atoms with Crippen LogP contribution in [0, 0.1) is 0 Å². The Labute approximate surface area is 111 Å². The van der Waals surface area contributed by atoms with Crippen LogP contribution in [0.2, 0.25) is 0 Å². The highest BCUT2D eigenvalue weighted by Crippen LogP contribution is 1.96. The Morgan fingerprint density at radius 1 is 0.889 bits per heavy atom. The zero-order chi connectivity index (χ0) is 14.2. The molecule has 0 aliphatic carbocycles. The van der Waals surface area contributed by atoms with Gasteiger partial charge in [-0.2, -0.15) is 0 Å². The maximum Gasteiger partial charge on any atom is 0.236 e. The van der Waals surface area contributed by atoms with E-state index in [9.17, 15) is 4.79 Å². The molecule has 18 heavy (non-hydrogen) atoms. The number of nitrogens with zero attached hydrogens (tertiary/aromatic N) is 1. The normalized spacial score (nSPS) is 9.61. The zero-order valence-electron chi connectivity index (χ0n) is 11.7. The summed E-state index contributed by atoms with van der Waals surface area (Å²) in [6, 6.07) is 0. The number of hydrogen-bond donors (Lipinski definition) is 4. The van der Waals surface area contributed by atoms with Gasteiger partial charge in [-0.3, -0.25) is 4.79 Å². The van der Waals surface area contributed by atoms with E-state index in [2.05, 4.69) is 6.92 Å². The van der Waals surface area contributed by atoms with Gasteiger partial charge in [-0.15, -0.1) is 0 Å². The first-order chi connectivity index (χ1) is 8.67. The van der Waals surface area contributed by atoms with Crippen LogP contribution < -0.4 is 22.9 Å². The molecule has 0 heterocycles. The number of rotatable bonds is 9. The van der Waals surface area contributed by atoms with Gasteiger partial charge in [0, 0.05) is 13.1 Å². The minimum atomic E-state index is -0.00419. The third-order valence-corrected chi connectivity index (χ3v) is 2.33. The van der Waals surface area contributed by atoms with Crippen LogP contribution in [0.1, 0.15) is 32.6 Å². The summed E-state index contributed by atoms with van der Waals surface area (Å²) in [5.41, 5.74) is 21.1. The van der Waals surface area contributed by atoms with E-state index >= 15 is 0 Å². The van der Waals surface area contributed by atoms with Crippen molar-refractivity contribution >= 4 is 5.91 Å². The lowest BCUT2D eigenvalue weighted by Gasteiger charge is -2.21. The molecule has 0 spiro atoms. The first-order valence-electron chi connectivity index (χ1n) is 6.75. The van der Waals surface area contributed by atoms with Crippen LogP contribution in [-0.4, -0.2) is 50.1 Å². The van der Waals surface area contributed by atoms with Crippen molar-refractivity contribution in [1.82, 2.24) is 4.90 Å². The quantitative estimate of drug-likeness (QED) is 0.405. The van der Waals surface area contributed by atoms with Crippen molar-refractivity contribution in [3.05, 3.63) is 0 Å². The molecule has 0 aliphatic rings. The van der Waals surface area contributed by atoms with Gasteiger partial charge in [-0.1, -0.05) is 6.92 Å². The Kier molecular flexibility index (Phi) is 17.8. The fraction of sp³-hybridized carbons (Fsp3) is 0.917. The molecule has 0 aromatic carbocycles. The molecule has 0 unspecified atom stereocenters. The highest BCUT2D eigenvalue weighted by molar-refractivity contribution is 5.77. The van der Waals surface area contributed by atoms with Crippen LogP contribution in [0.15, 0.2) is 0 Å². The SMILES string of the molecule is CCCN.NCCCCN(CCCN)C(=O)CN. The Morgan fingerprint density at radius 3 is 1.78 bits per heavy atom. The minimum absolute atomic E-state index is 0.00419. The highest BCUT2D eigenvalue weighted by Gasteiger charge is 2.09. The molecule has 0 radical (unpaired) electrons. The molecule has 6 heteroatoms. The van der Waals surface area contributed by atoms with Crippen molar-refractivity contribution < 1.29 is 4.79 Å². The van der Waals surface area contributed by atoms with Crippen LogP contribution in [0.5, 0.6) is 0 Å². The van der Waals surface area contributed by atoms with Crippen molar-refractivity contribution in [2.75, 3.05) is 39.3 Å². The van der Waals surface area contributed by atoms with Gasteiger partial charge < -0.3 is 27.8 Å². The van der Waals surface area contributed by atoms with E-state index in [1.807, 2.05) is 0 Å². The molecule has 0 aliphatic heterocycles. The van der Waals surface area contributed by atoms with E-state index in [4.69, 9.17) is 22.9 Å². The topological polar surface area (TPSA) is 124 Å². The third-order valence-electron chi connectivity index (χ3n) is 2.33. The molecule has 0 aromatic rings. The summed E-state index contributed by atoms with van der Waals surface area (Å²) in [7, 11) is 0. The number of unbranched alkanes of at least 4 members (excludes halogenated alkanes) is 1. The van der Waals surface area contributed by atoms with Gasteiger partial charge in [-0.25, -0.2) is 0 Å². The van der Waals surface area contributed by atoms with Crippen molar-refractivity contribution in [2.24, 2.45) is 22.9 Å². The Hall–Kier alpha value is -0.690. The molecule has 0 saturated heterocycles. The van der Waals surface area contributed by atoms with E-state index in [-0.39, 0.29) is 12.5 Å². The highest BCUT2D eigenvalue weighted by atomic mass is 16.2. The molecule has 6 nitrogen and oxygen atoms in total. The van der Waals surface area contributed by atoms with Gasteiger partial charge in [0.1, 0.15) is 0 Å². The van der Waals surface area contributed by atoms with Crippen molar-refractivity contribution in [3.63, 3.8) is 0 Å². The van der Waals surface area contributed by atoms with Gasteiger partial charge in [0.25, 0.3) is 0 Å². The minimum Gasteiger partial charge on any atom is -0.342 e. The van der Waals surface area contributed by atoms with Gasteiger partial charge in [-0.05, 0) is 45.3 Å². The molecule has 0 fully saturated rings. The summed E-state index contributed by atoms with van der Waals surface area (Å²) >= 11 is 0. The summed E-state index contributed by atoms with van der Waals surface area (Å²) in [6.45, 7) is 5.67. The van der Waals surface area contributed by atoms with E-state index < -0.39 is 0 Å². The lowest BCUT2D eigenvalue weighted by molar-refractivity contribution is -0.129. The first kappa shape index (κ1) is 19.6. The second kappa shape index (κ2) is 16.3. The van der Waals surface area contributed by atoms with Gasteiger partial charge >= 0.3 is 0 Å². The third kappa shape index (κ3) is 13.4. The Bertz CT molecular complexity index is 176. The number of amides is 1. The predicted octanol–water partition coefficient (Wildman–Crippen LogP) is -0.783.